The van der Waals surface area contributed by atoms with Crippen LogP contribution < -0.4 is 0 Å². The fourth-order valence-electron chi connectivity index (χ4n) is 4.36. The van der Waals surface area contributed by atoms with E-state index in [1.807, 2.05) is 41.0 Å². The van der Waals surface area contributed by atoms with Crippen molar-refractivity contribution < 1.29 is 4.79 Å². The molecule has 2 aliphatic heterocycles. The summed E-state index contributed by atoms with van der Waals surface area (Å²) in [6.07, 6.45) is 6.01. The third kappa shape index (κ3) is 2.13. The number of nitrogens with zero attached hydrogens (tertiary/aromatic N) is 4. The first kappa shape index (κ1) is 15.0. The van der Waals surface area contributed by atoms with Crippen LogP contribution in [0.2, 0.25) is 0 Å². The number of fused-ring (bicyclic) bond motifs is 2. The molecule has 5 heterocycles. The monoisotopic (exact) mass is 352 g/mol. The van der Waals surface area contributed by atoms with Crippen molar-refractivity contribution in [2.24, 2.45) is 7.05 Å². The number of rotatable bonds is 2. The van der Waals surface area contributed by atoms with Crippen LogP contribution in [0.15, 0.2) is 42.0 Å². The van der Waals surface area contributed by atoms with Crippen LogP contribution in [0.5, 0.6) is 0 Å². The molecular weight excluding hydrogens is 332 g/mol. The zero-order valence-electron chi connectivity index (χ0n) is 14.2. The van der Waals surface area contributed by atoms with Gasteiger partial charge in [-0.1, -0.05) is 6.07 Å². The number of amides is 1. The van der Waals surface area contributed by atoms with Crippen LogP contribution in [-0.4, -0.2) is 38.0 Å². The second-order valence-corrected chi connectivity index (χ2v) is 8.06. The summed E-state index contributed by atoms with van der Waals surface area (Å²) in [4.78, 5) is 20.9. The van der Waals surface area contributed by atoms with E-state index in [2.05, 4.69) is 22.1 Å². The van der Waals surface area contributed by atoms with Crippen molar-refractivity contribution in [2.45, 2.75) is 24.8 Å². The van der Waals surface area contributed by atoms with Crippen molar-refractivity contribution in [1.82, 2.24) is 19.0 Å². The molecule has 25 heavy (non-hydrogen) atoms. The van der Waals surface area contributed by atoms with Gasteiger partial charge in [0, 0.05) is 38.3 Å². The van der Waals surface area contributed by atoms with Crippen LogP contribution in [0.4, 0.5) is 0 Å². The molecule has 0 saturated carbocycles. The molecule has 5 rings (SSSR count). The first-order valence-corrected chi connectivity index (χ1v) is 9.56. The van der Waals surface area contributed by atoms with E-state index >= 15 is 0 Å². The molecule has 1 fully saturated rings. The lowest BCUT2D eigenvalue weighted by atomic mass is 9.85. The molecule has 1 spiro atoms. The highest BCUT2D eigenvalue weighted by Gasteiger charge is 2.48. The highest BCUT2D eigenvalue weighted by atomic mass is 32.1. The Bertz CT molecular complexity index is 939. The minimum absolute atomic E-state index is 0.0241. The van der Waals surface area contributed by atoms with Gasteiger partial charge in [-0.2, -0.15) is 0 Å². The molecule has 3 aromatic heterocycles. The van der Waals surface area contributed by atoms with Gasteiger partial charge in [-0.05, 0) is 36.4 Å². The van der Waals surface area contributed by atoms with Gasteiger partial charge in [0.25, 0.3) is 5.91 Å². The number of thiophene rings is 1. The van der Waals surface area contributed by atoms with Crippen molar-refractivity contribution in [1.29, 1.82) is 0 Å². The van der Waals surface area contributed by atoms with Crippen LogP contribution in [0.3, 0.4) is 0 Å². The van der Waals surface area contributed by atoms with Crippen molar-refractivity contribution in [3.8, 4) is 10.6 Å². The van der Waals surface area contributed by atoms with Gasteiger partial charge < -0.3 is 14.0 Å². The van der Waals surface area contributed by atoms with Gasteiger partial charge in [0.1, 0.15) is 11.5 Å². The van der Waals surface area contributed by atoms with Gasteiger partial charge in [0.15, 0.2) is 0 Å². The third-order valence-corrected chi connectivity index (χ3v) is 6.61. The lowest BCUT2D eigenvalue weighted by molar-refractivity contribution is 0.0773. The first-order chi connectivity index (χ1) is 12.2. The summed E-state index contributed by atoms with van der Waals surface area (Å²) in [7, 11) is 1.93. The van der Waals surface area contributed by atoms with E-state index in [4.69, 9.17) is 4.98 Å². The minimum Gasteiger partial charge on any atom is -0.347 e. The zero-order valence-corrected chi connectivity index (χ0v) is 15.0. The Hall–Kier alpha value is -2.34. The second kappa shape index (κ2) is 5.33. The maximum Gasteiger partial charge on any atom is 0.270 e. The van der Waals surface area contributed by atoms with E-state index in [1.165, 1.54) is 10.6 Å². The maximum absolute atomic E-state index is 12.9. The van der Waals surface area contributed by atoms with Gasteiger partial charge in [0.05, 0.1) is 16.8 Å². The van der Waals surface area contributed by atoms with Crippen LogP contribution in [0.1, 0.15) is 29.2 Å². The van der Waals surface area contributed by atoms with E-state index in [-0.39, 0.29) is 11.3 Å². The summed E-state index contributed by atoms with van der Waals surface area (Å²) in [5.74, 6) is 1.30. The predicted octanol–water partition coefficient (Wildman–Crippen LogP) is 3.14. The van der Waals surface area contributed by atoms with Crippen molar-refractivity contribution in [3.63, 3.8) is 0 Å². The number of hydrogen-bond donors (Lipinski definition) is 0. The van der Waals surface area contributed by atoms with Gasteiger partial charge in [-0.3, -0.25) is 4.79 Å². The molecule has 0 bridgehead atoms. The van der Waals surface area contributed by atoms with Crippen molar-refractivity contribution in [3.05, 3.63) is 53.6 Å². The maximum atomic E-state index is 12.9. The minimum atomic E-state index is 0.0241. The largest absolute Gasteiger partial charge is 0.347 e. The fourth-order valence-corrected chi connectivity index (χ4v) is 5.11. The number of hydrogen-bond acceptors (Lipinski definition) is 3. The third-order valence-electron chi connectivity index (χ3n) is 5.72. The van der Waals surface area contributed by atoms with Crippen LogP contribution in [0, 0.1) is 0 Å². The topological polar surface area (TPSA) is 43.1 Å². The molecule has 1 saturated heterocycles. The fraction of sp³-hybridized carbons (Fsp3) is 0.368. The smallest absolute Gasteiger partial charge is 0.270 e. The molecule has 128 valence electrons. The van der Waals surface area contributed by atoms with Crippen molar-refractivity contribution in [2.75, 3.05) is 13.1 Å². The Morgan fingerprint density at radius 1 is 1.24 bits per heavy atom. The average molecular weight is 352 g/mol. The molecule has 0 aromatic carbocycles. The Kier molecular flexibility index (Phi) is 3.19. The van der Waals surface area contributed by atoms with Gasteiger partial charge in [-0.15, -0.1) is 11.3 Å². The first-order valence-electron chi connectivity index (χ1n) is 8.68. The number of carbonyl (C=O) groups is 1. The van der Waals surface area contributed by atoms with E-state index in [0.717, 1.165) is 44.0 Å². The molecule has 2 aliphatic rings. The Morgan fingerprint density at radius 2 is 2.12 bits per heavy atom. The Labute approximate surface area is 150 Å². The lowest BCUT2D eigenvalue weighted by Crippen LogP contribution is -2.34. The SMILES string of the molecule is Cn1cccc1C(=O)N1CC[C@]2(CCn3c(-c4cccs4)cnc32)C1. The van der Waals surface area contributed by atoms with E-state index in [9.17, 15) is 4.79 Å². The van der Waals surface area contributed by atoms with Gasteiger partial charge in [0.2, 0.25) is 0 Å². The number of aromatic nitrogens is 3. The predicted molar refractivity (Wildman–Crippen MR) is 97.8 cm³/mol. The zero-order chi connectivity index (χ0) is 17.0. The summed E-state index contributed by atoms with van der Waals surface area (Å²) in [6, 6.07) is 8.06. The quantitative estimate of drug-likeness (QED) is 0.711. The summed E-state index contributed by atoms with van der Waals surface area (Å²) in [6.45, 7) is 2.58. The molecule has 1 atom stereocenters. The summed E-state index contributed by atoms with van der Waals surface area (Å²) >= 11 is 1.75. The van der Waals surface area contributed by atoms with E-state index in [1.54, 1.807) is 11.3 Å². The average Bonchev–Trinajstić information content (AvgIpc) is 3.38. The molecule has 0 aliphatic carbocycles. The van der Waals surface area contributed by atoms with Crippen LogP contribution in [-0.2, 0) is 19.0 Å². The highest BCUT2D eigenvalue weighted by Crippen LogP contribution is 2.44. The molecular formula is C19H20N4OS. The highest BCUT2D eigenvalue weighted by molar-refractivity contribution is 7.13. The number of likely N-dealkylation sites (tertiary alicyclic amines) is 1. The van der Waals surface area contributed by atoms with Crippen LogP contribution >= 0.6 is 11.3 Å². The summed E-state index contributed by atoms with van der Waals surface area (Å²) in [5, 5.41) is 2.11. The molecule has 0 unspecified atom stereocenters. The van der Waals surface area contributed by atoms with E-state index in [0.29, 0.717) is 0 Å². The van der Waals surface area contributed by atoms with E-state index < -0.39 is 0 Å². The second-order valence-electron chi connectivity index (χ2n) is 7.11. The number of carbonyl (C=O) groups excluding carboxylic acids is 1. The molecule has 5 nitrogen and oxygen atoms in total. The molecule has 6 heteroatoms. The normalized spacial score (nSPS) is 22.0. The molecule has 0 radical (unpaired) electrons. The molecule has 3 aromatic rings. The lowest BCUT2D eigenvalue weighted by Gasteiger charge is -2.22. The standard InChI is InChI=1S/C19H20N4OS/c1-21-8-2-4-14(21)17(24)22-9-6-19(13-22)7-10-23-15(12-20-18(19)23)16-5-3-11-25-16/h2-5,8,11-12H,6-7,9-10,13H2,1H3/t19-/m0/s1. The Balaban J connectivity index is 1.44. The van der Waals surface area contributed by atoms with Gasteiger partial charge in [-0.25, -0.2) is 4.98 Å². The number of imidazole rings is 1. The van der Waals surface area contributed by atoms with Gasteiger partial charge >= 0.3 is 0 Å². The molecule has 0 N–H and O–H groups in total. The number of aryl methyl sites for hydroxylation is 1. The van der Waals surface area contributed by atoms with Crippen LogP contribution in [0.25, 0.3) is 10.6 Å². The Morgan fingerprint density at radius 3 is 2.88 bits per heavy atom. The summed E-state index contributed by atoms with van der Waals surface area (Å²) < 4.78 is 4.26. The van der Waals surface area contributed by atoms with Crippen molar-refractivity contribution >= 4 is 17.2 Å². The molecule has 1 amide bonds. The summed E-state index contributed by atoms with van der Waals surface area (Å²) in [5.41, 5.74) is 2.00.